The van der Waals surface area contributed by atoms with Gasteiger partial charge in [0.15, 0.2) is 34.2 Å². The van der Waals surface area contributed by atoms with Crippen LogP contribution in [-0.4, -0.2) is 242 Å². The van der Waals surface area contributed by atoms with Crippen molar-refractivity contribution in [2.75, 3.05) is 42.3 Å². The van der Waals surface area contributed by atoms with Crippen molar-refractivity contribution in [3.63, 3.8) is 0 Å². The van der Waals surface area contributed by atoms with Crippen molar-refractivity contribution in [3.8, 4) is 41.4 Å². The standard InChI is InChI=1S/C24H26N2O7.C24H24N2O7.C21H21IN2O7.C5H4.C3H6.C3H4.2CH4.B5/c2*1-4-5-10-6-7-14(27)16-12(10)8-11-9-13-18(26(2)3)20(29)17(23(25)32)22(31)24(13,33)21(30)15(11)19(16)28;1-24(2)15-9-6-7-5-8-10(22)3-4-11(25)13(8)16(26)12(7)18(28)21(9,31)19(29)14(17(15)27)20(23)30;1-3-5-4-2;2*1-3-2;;;1-4-5(2)3/h4-7,11,13,18,27-28,31,33H,8-9H2,1-3H3,(H2,25,32);6-7,11,13,18,27-28,31,33H,8-9H2,1-3H3,(H2,25,32);3-4,7,9,15,25-26,29,31H,5-6H2,1-2H3,(H2,23,30);1-2H2;3H,1H2,2H3;1H,2H3;2*1H4;/b5-4-;;;;;;;;/t2*11?,13?,18?,24-;7?,9?,15?,21-;;;;;;/m000....../s1. The fourth-order valence-electron chi connectivity index (χ4n) is 16.4. The summed E-state index contributed by atoms with van der Waals surface area (Å²) < 4.78 is 0.784. The third-order valence-electron chi connectivity index (χ3n) is 20.8. The molecule has 12 atom stereocenters. The summed E-state index contributed by atoms with van der Waals surface area (Å²) in [5, 5.41) is 131. The monoisotopic (exact) mass is 1680 g/mol. The summed E-state index contributed by atoms with van der Waals surface area (Å²) in [6, 6.07) is 5.87. The van der Waals surface area contributed by atoms with Crippen LogP contribution in [0.25, 0.3) is 23.4 Å². The van der Waals surface area contributed by atoms with E-state index in [1.807, 2.05) is 26.0 Å². The molecule has 3 amide bonds. The van der Waals surface area contributed by atoms with E-state index in [9.17, 15) is 104 Å². The minimum absolute atomic E-state index is 0. The molecule has 9 unspecified atom stereocenters. The summed E-state index contributed by atoms with van der Waals surface area (Å²) in [7, 11) is 25.2. The lowest BCUT2D eigenvalue weighted by atomic mass is 8.97. The van der Waals surface area contributed by atoms with E-state index in [0.29, 0.717) is 28.7 Å². The maximum absolute atomic E-state index is 13.7. The van der Waals surface area contributed by atoms with Gasteiger partial charge in [0.1, 0.15) is 68.5 Å². The van der Waals surface area contributed by atoms with Gasteiger partial charge >= 0.3 is 0 Å². The summed E-state index contributed by atoms with van der Waals surface area (Å²) in [6.07, 6.45) is 10.5. The molecule has 0 bridgehead atoms. The quantitative estimate of drug-likeness (QED) is 0.0372. The number of aliphatic hydroxyl groups excluding tert-OH is 6. The number of carbonyl (C=O) groups excluding carboxylic acids is 9. The van der Waals surface area contributed by atoms with Crippen LogP contribution in [0.1, 0.15) is 106 Å². The van der Waals surface area contributed by atoms with E-state index in [4.69, 9.17) is 40.4 Å². The molecule has 3 aromatic rings. The van der Waals surface area contributed by atoms with Crippen molar-refractivity contribution >= 4 is 135 Å². The van der Waals surface area contributed by atoms with Gasteiger partial charge in [-0.1, -0.05) is 56.5 Å². The molecule has 7 radical (unpaired) electrons. The molecule has 0 saturated heterocycles. The van der Waals surface area contributed by atoms with E-state index >= 15 is 0 Å². The van der Waals surface area contributed by atoms with Crippen LogP contribution in [0, 0.1) is 63.3 Å². The highest BCUT2D eigenvalue weighted by Gasteiger charge is 2.68. The van der Waals surface area contributed by atoms with Gasteiger partial charge in [0, 0.05) is 80.3 Å². The number of hydrogen-bond acceptors (Lipinski definition) is 24. The lowest BCUT2D eigenvalue weighted by Crippen LogP contribution is -2.65. The number of halogens is 1. The number of aliphatic hydroxyl groups is 9. The van der Waals surface area contributed by atoms with Crippen LogP contribution >= 0.6 is 22.6 Å². The first-order chi connectivity index (χ1) is 52.9. The Labute approximate surface area is 686 Å². The maximum Gasteiger partial charge on any atom is 0.255 e. The Morgan fingerprint density at radius 1 is 0.565 bits per heavy atom. The van der Waals surface area contributed by atoms with Gasteiger partial charge in [0.25, 0.3) is 17.7 Å². The number of phenolic OH excluding ortho intramolecular Hbond substituents is 3. The van der Waals surface area contributed by atoms with E-state index in [-0.39, 0.29) is 97.6 Å². The van der Waals surface area contributed by atoms with Crippen LogP contribution in [0.4, 0.5) is 0 Å². The smallest absolute Gasteiger partial charge is 0.255 e. The zero-order chi connectivity index (χ0) is 85.6. The predicted molar refractivity (Wildman–Crippen MR) is 447 cm³/mol. The molecule has 0 aliphatic heterocycles. The largest absolute Gasteiger partial charge is 0.508 e. The first-order valence-electron chi connectivity index (χ1n) is 34.9. The Hall–Kier alpha value is -10.8. The van der Waals surface area contributed by atoms with Gasteiger partial charge in [-0.05, 0) is 220 Å². The number of terminal acetylenes is 1. The van der Waals surface area contributed by atoms with Gasteiger partial charge in [-0.3, -0.25) is 57.9 Å². The number of benzene rings is 3. The number of fused-ring (bicyclic) bond motifs is 9. The lowest BCUT2D eigenvalue weighted by molar-refractivity contribution is -0.155. The molecular formula is C82H93B5IN6O21. The summed E-state index contributed by atoms with van der Waals surface area (Å²) in [6.45, 7) is 16.8. The molecule has 599 valence electrons. The van der Waals surface area contributed by atoms with Crippen molar-refractivity contribution in [1.82, 2.24) is 14.7 Å². The third-order valence-corrected chi connectivity index (χ3v) is 21.8. The number of hydrogen-bond donors (Lipinski definition) is 15. The number of carbonyl (C=O) groups is 9. The minimum atomic E-state index is -2.64. The van der Waals surface area contributed by atoms with E-state index in [1.54, 1.807) is 80.4 Å². The van der Waals surface area contributed by atoms with Crippen LogP contribution in [0.5, 0.6) is 17.2 Å². The number of amides is 3. The number of allylic oxidation sites excluding steroid dienone is 2. The highest BCUT2D eigenvalue weighted by molar-refractivity contribution is 14.1. The van der Waals surface area contributed by atoms with Gasteiger partial charge < -0.3 is 78.5 Å². The molecule has 3 aromatic carbocycles. The molecule has 9 aliphatic carbocycles. The number of nitrogens with two attached hydrogens (primary N) is 3. The molecule has 3 fully saturated rings. The highest BCUT2D eigenvalue weighted by atomic mass is 127. The lowest BCUT2D eigenvalue weighted by Gasteiger charge is -2.50. The Morgan fingerprint density at radius 2 is 0.852 bits per heavy atom. The summed E-state index contributed by atoms with van der Waals surface area (Å²) in [4.78, 5) is 120. The average Bonchev–Trinajstić information content (AvgIpc) is 0.710. The number of phenols is 3. The maximum atomic E-state index is 13.7. The van der Waals surface area contributed by atoms with E-state index in [2.05, 4.69) is 83.7 Å². The first kappa shape index (κ1) is 96.6. The summed E-state index contributed by atoms with van der Waals surface area (Å²) in [5.74, 6) is -11.7. The second-order valence-corrected chi connectivity index (χ2v) is 29.3. The van der Waals surface area contributed by atoms with Crippen LogP contribution in [0.15, 0.2) is 136 Å². The zero-order valence-electron chi connectivity index (χ0n) is 63.7. The normalized spacial score (nSPS) is 25.4. The van der Waals surface area contributed by atoms with Crippen molar-refractivity contribution in [2.24, 2.45) is 52.7 Å². The third kappa shape index (κ3) is 17.2. The molecule has 27 nitrogen and oxygen atoms in total. The second kappa shape index (κ2) is 38.6. The van der Waals surface area contributed by atoms with Crippen molar-refractivity contribution in [2.45, 2.75) is 116 Å². The summed E-state index contributed by atoms with van der Waals surface area (Å²) >= 11 is 2.07. The number of primary amides is 3. The Morgan fingerprint density at radius 3 is 1.13 bits per heavy atom. The molecule has 0 heterocycles. The van der Waals surface area contributed by atoms with Gasteiger partial charge in [-0.25, -0.2) is 0 Å². The molecule has 9 aliphatic rings. The number of Topliss-reactive ketones (excluding diaryl/α,β-unsaturated/α-hetero) is 6. The molecule has 0 aromatic heterocycles. The number of nitrogens with zero attached hydrogens (tertiary/aromatic N) is 3. The Balaban J connectivity index is 0.000000328. The van der Waals surface area contributed by atoms with Crippen molar-refractivity contribution in [1.29, 1.82) is 0 Å². The molecule has 0 spiro atoms. The number of likely N-dealkylation sites (N-methyl/N-ethyl adjacent to an activating group) is 3. The molecule has 33 heteroatoms. The van der Waals surface area contributed by atoms with E-state index < -0.39 is 181 Å². The Kier molecular flexibility index (Phi) is 32.4. The summed E-state index contributed by atoms with van der Waals surface area (Å²) in [5.41, 5.74) is 15.5. The molecular weight excluding hydrogens is 1590 g/mol. The van der Waals surface area contributed by atoms with Gasteiger partial charge in [0.2, 0.25) is 17.3 Å². The first-order valence-corrected chi connectivity index (χ1v) is 35.9. The zero-order valence-corrected chi connectivity index (χ0v) is 65.9. The van der Waals surface area contributed by atoms with E-state index in [1.165, 1.54) is 40.0 Å². The molecule has 12 rings (SSSR count). The average molecular weight is 1680 g/mol. The predicted octanol–water partition coefficient (Wildman–Crippen LogP) is 4.37. The number of aromatic hydroxyl groups is 3. The second-order valence-electron chi connectivity index (χ2n) is 28.1. The molecule has 115 heavy (non-hydrogen) atoms. The molecule has 18 N–H and O–H groups in total. The highest BCUT2D eigenvalue weighted by Crippen LogP contribution is 2.57. The van der Waals surface area contributed by atoms with Gasteiger partial charge in [0.05, 0.1) is 34.8 Å². The van der Waals surface area contributed by atoms with Crippen LogP contribution < -0.4 is 17.2 Å². The van der Waals surface area contributed by atoms with Crippen LogP contribution in [0.3, 0.4) is 0 Å². The topological polar surface area (TPSA) is 484 Å². The van der Waals surface area contributed by atoms with Crippen LogP contribution in [-0.2, 0) is 62.4 Å². The Bertz CT molecular complexity index is 4990. The van der Waals surface area contributed by atoms with Crippen molar-refractivity contribution in [3.05, 3.63) is 184 Å². The fourth-order valence-corrected chi connectivity index (χ4v) is 17.0. The minimum Gasteiger partial charge on any atom is -0.508 e. The van der Waals surface area contributed by atoms with Crippen LogP contribution in [0.2, 0.25) is 0 Å². The van der Waals surface area contributed by atoms with Gasteiger partial charge in [-0.15, -0.1) is 24.8 Å². The number of ketones is 6. The molecule has 3 saturated carbocycles. The number of rotatable bonds is 8. The van der Waals surface area contributed by atoms with E-state index in [0.717, 1.165) is 9.13 Å². The fraction of sp³-hybridized carbons (Fsp3) is 0.366. The van der Waals surface area contributed by atoms with Crippen molar-refractivity contribution < 1.29 is 104 Å². The van der Waals surface area contributed by atoms with Gasteiger partial charge in [-0.2, -0.15) is 0 Å². The SMILES string of the molecule is C.C.C#CC.C/C=C\c1ccc(O)c2c1CC1CC3C(N(C)C)C(=O)C(C(N)=O)=C(O)[C@@]3(O)C(=O)C1=C2O.C=C=C=C=C.C=CC.CC#Cc1ccc(O)c2c1CC1CC3C(N(C)C)C(=O)C(C(N)=O)=C(O)[C@@]3(O)C(=O)C1=C2O.CN(C)C1C(=O)C(C(N)=O)=C(O)[C@@]2(O)C(=O)C3=C(O)c4c(O)ccc(I)c4CC3CC12.[B][B]B([B])[B].